The van der Waals surface area contributed by atoms with Gasteiger partial charge in [-0.05, 0) is 49.7 Å². The fraction of sp³-hybridized carbons (Fsp3) is 0.227. The summed E-state index contributed by atoms with van der Waals surface area (Å²) in [6.45, 7) is 3.99. The minimum Gasteiger partial charge on any atom is -0.496 e. The molecule has 0 saturated heterocycles. The molecule has 9 nitrogen and oxygen atoms in total. The zero-order valence-electron chi connectivity index (χ0n) is 17.5. The third-order valence-corrected chi connectivity index (χ3v) is 5.51. The minimum absolute atomic E-state index is 0.259. The van der Waals surface area contributed by atoms with E-state index in [0.29, 0.717) is 28.3 Å². The summed E-state index contributed by atoms with van der Waals surface area (Å²) < 4.78 is 11.9. The molecule has 2 heterocycles. The van der Waals surface area contributed by atoms with Crippen molar-refractivity contribution in [1.29, 1.82) is 5.26 Å². The van der Waals surface area contributed by atoms with Crippen LogP contribution in [0, 0.1) is 18.3 Å². The van der Waals surface area contributed by atoms with Crippen molar-refractivity contribution in [2.24, 2.45) is 16.7 Å². The van der Waals surface area contributed by atoms with E-state index in [1.807, 2.05) is 32.2 Å². The van der Waals surface area contributed by atoms with E-state index in [4.69, 9.17) is 25.7 Å². The summed E-state index contributed by atoms with van der Waals surface area (Å²) in [5, 5.41) is 14.1. The van der Waals surface area contributed by atoms with Crippen LogP contribution in [0.3, 0.4) is 0 Å². The molecule has 0 fully saturated rings. The van der Waals surface area contributed by atoms with Crippen LogP contribution in [-0.2, 0) is 5.41 Å². The number of nitriles is 1. The molecule has 0 aliphatic heterocycles. The summed E-state index contributed by atoms with van der Waals surface area (Å²) in [5.41, 5.74) is 12.1. The van der Waals surface area contributed by atoms with Crippen LogP contribution in [0.2, 0.25) is 0 Å². The number of aromatic amines is 1. The van der Waals surface area contributed by atoms with Crippen LogP contribution in [0.25, 0.3) is 22.0 Å². The number of aromatic nitrogens is 2. The maximum Gasteiger partial charge on any atom is 0.206 e. The predicted octanol–water partition coefficient (Wildman–Crippen LogP) is 2.93. The average Bonchev–Trinajstić information content (AvgIpc) is 3.40. The van der Waals surface area contributed by atoms with Gasteiger partial charge in [0, 0.05) is 29.1 Å². The minimum atomic E-state index is -0.851. The molecule has 6 N–H and O–H groups in total. The second-order valence-electron chi connectivity index (χ2n) is 7.59. The molecule has 0 spiro atoms. The Hall–Kier alpha value is -4.03. The van der Waals surface area contributed by atoms with Gasteiger partial charge in [0.05, 0.1) is 24.2 Å². The summed E-state index contributed by atoms with van der Waals surface area (Å²) in [4.78, 5) is 8.01. The van der Waals surface area contributed by atoms with Crippen LogP contribution in [0.1, 0.15) is 35.9 Å². The second kappa shape index (κ2) is 7.66. The Balaban J connectivity index is 2.03. The van der Waals surface area contributed by atoms with Gasteiger partial charge in [-0.15, -0.1) is 0 Å². The number of amidine groups is 1. The van der Waals surface area contributed by atoms with Crippen LogP contribution in [-0.4, -0.2) is 22.9 Å². The number of nitrogens with two attached hydrogens (primary N) is 2. The van der Waals surface area contributed by atoms with Gasteiger partial charge in [0.15, 0.2) is 5.58 Å². The van der Waals surface area contributed by atoms with Crippen molar-refractivity contribution in [3.05, 3.63) is 59.1 Å². The third kappa shape index (κ3) is 3.33. The Morgan fingerprint density at radius 3 is 2.90 bits per heavy atom. The molecule has 0 aliphatic rings. The molecule has 4 rings (SSSR count). The summed E-state index contributed by atoms with van der Waals surface area (Å²) in [6.07, 6.45) is 2.14. The first-order valence-corrected chi connectivity index (χ1v) is 9.65. The van der Waals surface area contributed by atoms with Crippen LogP contribution in [0.5, 0.6) is 5.75 Å². The molecule has 9 heteroatoms. The van der Waals surface area contributed by atoms with Crippen LogP contribution in [0.4, 0.5) is 0 Å². The van der Waals surface area contributed by atoms with Crippen LogP contribution >= 0.6 is 0 Å². The van der Waals surface area contributed by atoms with Crippen molar-refractivity contribution in [3.8, 4) is 11.8 Å². The zero-order chi connectivity index (χ0) is 22.2. The second-order valence-corrected chi connectivity index (χ2v) is 7.59. The SMILES string of the molecule is COc1cc(C)c2[nH]ccc2c1C(C)(C/C(N)=N/NN)c1nc2cc(C#N)ccc2o1. The molecule has 4 aromatic rings. The number of hydrogen-bond donors (Lipinski definition) is 4. The van der Waals surface area contributed by atoms with E-state index in [1.54, 1.807) is 25.3 Å². The Kier molecular flexibility index (Phi) is 5.01. The van der Waals surface area contributed by atoms with Gasteiger partial charge >= 0.3 is 0 Å². The molecule has 2 aromatic heterocycles. The molecular formula is C22H23N7O2. The number of methoxy groups -OCH3 is 1. The van der Waals surface area contributed by atoms with Gasteiger partial charge in [-0.1, -0.05) is 0 Å². The van der Waals surface area contributed by atoms with Crippen LogP contribution in [0.15, 0.2) is 46.0 Å². The van der Waals surface area contributed by atoms with Gasteiger partial charge in [0.2, 0.25) is 5.89 Å². The zero-order valence-corrected chi connectivity index (χ0v) is 17.5. The lowest BCUT2D eigenvalue weighted by Gasteiger charge is -2.29. The highest BCUT2D eigenvalue weighted by Gasteiger charge is 2.40. The normalized spacial score (nSPS) is 13.8. The first-order chi connectivity index (χ1) is 14.9. The van der Waals surface area contributed by atoms with Crippen molar-refractivity contribution < 1.29 is 9.15 Å². The third-order valence-electron chi connectivity index (χ3n) is 5.51. The Labute approximate surface area is 178 Å². The van der Waals surface area contributed by atoms with Gasteiger partial charge in [0.25, 0.3) is 0 Å². The van der Waals surface area contributed by atoms with E-state index in [-0.39, 0.29) is 12.3 Å². The number of aryl methyl sites for hydroxylation is 1. The van der Waals surface area contributed by atoms with Crippen molar-refractivity contribution in [3.63, 3.8) is 0 Å². The number of fused-ring (bicyclic) bond motifs is 2. The monoisotopic (exact) mass is 417 g/mol. The van der Waals surface area contributed by atoms with Gasteiger partial charge in [-0.25, -0.2) is 16.4 Å². The highest BCUT2D eigenvalue weighted by molar-refractivity contribution is 5.91. The van der Waals surface area contributed by atoms with Gasteiger partial charge in [-0.3, -0.25) is 0 Å². The summed E-state index contributed by atoms with van der Waals surface area (Å²) in [6, 6.07) is 11.2. The molecular weight excluding hydrogens is 394 g/mol. The smallest absolute Gasteiger partial charge is 0.206 e. The number of hydrogen-bond acceptors (Lipinski definition) is 7. The Bertz CT molecular complexity index is 1350. The van der Waals surface area contributed by atoms with Crippen molar-refractivity contribution >= 4 is 27.8 Å². The molecule has 31 heavy (non-hydrogen) atoms. The maximum absolute atomic E-state index is 9.23. The number of nitrogens with zero attached hydrogens (tertiary/aromatic N) is 3. The fourth-order valence-corrected chi connectivity index (χ4v) is 4.10. The van der Waals surface area contributed by atoms with Crippen molar-refractivity contribution in [2.75, 3.05) is 7.11 Å². The average molecular weight is 417 g/mol. The molecule has 0 aliphatic carbocycles. The molecule has 1 atom stereocenters. The molecule has 158 valence electrons. The number of oxazole rings is 1. The first kappa shape index (κ1) is 20.3. The molecule has 0 saturated carbocycles. The standard InChI is InChI=1S/C22H23N7O2/c1-12-8-17(30-3)19(14-6-7-26-20(12)14)22(2,10-18(24)28-29-25)21-27-15-9-13(11-23)4-5-16(15)31-21/h4-9,26,29H,10,25H2,1-3H3,(H2,24,28). The molecule has 0 radical (unpaired) electrons. The number of ether oxygens (including phenoxy) is 1. The largest absolute Gasteiger partial charge is 0.496 e. The van der Waals surface area contributed by atoms with E-state index in [1.165, 1.54) is 0 Å². The number of benzene rings is 2. The van der Waals surface area contributed by atoms with E-state index >= 15 is 0 Å². The highest BCUT2D eigenvalue weighted by atomic mass is 16.5. The fourth-order valence-electron chi connectivity index (χ4n) is 4.10. The van der Waals surface area contributed by atoms with Crippen molar-refractivity contribution in [2.45, 2.75) is 25.7 Å². The molecule has 0 amide bonds. The van der Waals surface area contributed by atoms with Gasteiger partial charge in [-0.2, -0.15) is 10.4 Å². The maximum atomic E-state index is 9.23. The van der Waals surface area contributed by atoms with E-state index < -0.39 is 5.41 Å². The molecule has 0 bridgehead atoms. The highest BCUT2D eigenvalue weighted by Crippen LogP contribution is 2.45. The van der Waals surface area contributed by atoms with Gasteiger partial charge < -0.3 is 19.9 Å². The lowest BCUT2D eigenvalue weighted by atomic mass is 9.76. The lowest BCUT2D eigenvalue weighted by molar-refractivity contribution is 0.376. The number of hydrazine groups is 1. The van der Waals surface area contributed by atoms with E-state index in [9.17, 15) is 5.26 Å². The Morgan fingerprint density at radius 2 is 2.19 bits per heavy atom. The lowest BCUT2D eigenvalue weighted by Crippen LogP contribution is -2.33. The predicted molar refractivity (Wildman–Crippen MR) is 118 cm³/mol. The summed E-state index contributed by atoms with van der Waals surface area (Å²) >= 11 is 0. The number of rotatable bonds is 6. The number of nitrogens with one attached hydrogen (secondary N) is 2. The number of hydrazone groups is 1. The topological polar surface area (TPSA) is 151 Å². The van der Waals surface area contributed by atoms with Gasteiger partial charge in [0.1, 0.15) is 17.1 Å². The Morgan fingerprint density at radius 1 is 1.39 bits per heavy atom. The summed E-state index contributed by atoms with van der Waals surface area (Å²) in [7, 11) is 1.63. The van der Waals surface area contributed by atoms with E-state index in [0.717, 1.165) is 22.0 Å². The quantitative estimate of drug-likeness (QED) is 0.163. The van der Waals surface area contributed by atoms with Crippen molar-refractivity contribution in [1.82, 2.24) is 15.5 Å². The van der Waals surface area contributed by atoms with E-state index in [2.05, 4.69) is 21.7 Å². The number of H-pyrrole nitrogens is 1. The molecule has 1 unspecified atom stereocenters. The molecule has 2 aromatic carbocycles. The summed E-state index contributed by atoms with van der Waals surface area (Å²) in [5.74, 6) is 6.74. The first-order valence-electron chi connectivity index (χ1n) is 9.65. The van der Waals surface area contributed by atoms with Crippen LogP contribution < -0.4 is 21.8 Å².